The third-order valence-corrected chi connectivity index (χ3v) is 4.25. The van der Waals surface area contributed by atoms with Gasteiger partial charge in [0.2, 0.25) is 0 Å². The highest BCUT2D eigenvalue weighted by Gasteiger charge is 2.11. The van der Waals surface area contributed by atoms with Crippen molar-refractivity contribution in [3.8, 4) is 0 Å². The molecule has 0 N–H and O–H groups in total. The molecule has 1 aromatic carbocycles. The summed E-state index contributed by atoms with van der Waals surface area (Å²) in [6, 6.07) is 6.64. The van der Waals surface area contributed by atoms with Gasteiger partial charge in [0.1, 0.15) is 0 Å². The number of hydrogen-bond acceptors (Lipinski definition) is 4. The number of methoxy groups -OCH3 is 1. The molecule has 2 rings (SSSR count). The number of carbonyl (C=O) groups is 1. The molecule has 1 aliphatic rings. The van der Waals surface area contributed by atoms with Crippen molar-refractivity contribution in [2.75, 3.05) is 26.5 Å². The van der Waals surface area contributed by atoms with E-state index >= 15 is 0 Å². The molecule has 0 fully saturated rings. The van der Waals surface area contributed by atoms with Gasteiger partial charge in [0.05, 0.1) is 13.7 Å². The Balaban J connectivity index is 1.99. The smallest absolute Gasteiger partial charge is 0.319 e. The maximum absolute atomic E-state index is 11.2. The zero-order chi connectivity index (χ0) is 13.0. The van der Waals surface area contributed by atoms with Gasteiger partial charge in [-0.05, 0) is 42.8 Å². The van der Waals surface area contributed by atoms with Crippen molar-refractivity contribution in [3.05, 3.63) is 29.3 Å². The molecule has 0 aromatic heterocycles. The minimum atomic E-state index is -0.189. The van der Waals surface area contributed by atoms with Crippen molar-refractivity contribution in [1.29, 1.82) is 0 Å². The summed E-state index contributed by atoms with van der Waals surface area (Å²) in [6.07, 6.45) is 2.44. The molecular weight excluding hydrogens is 246 g/mol. The highest BCUT2D eigenvalue weighted by Crippen LogP contribution is 2.30. The second kappa shape index (κ2) is 6.25. The topological polar surface area (TPSA) is 29.5 Å². The third-order valence-electron chi connectivity index (χ3n) is 3.05. The average molecular weight is 265 g/mol. The van der Waals surface area contributed by atoms with Crippen molar-refractivity contribution in [3.63, 3.8) is 0 Å². The molecule has 3 nitrogen and oxygen atoms in total. The van der Waals surface area contributed by atoms with Gasteiger partial charge in [0.15, 0.2) is 0 Å². The van der Waals surface area contributed by atoms with Crippen molar-refractivity contribution in [2.24, 2.45) is 0 Å². The van der Waals surface area contributed by atoms with E-state index in [0.717, 1.165) is 6.54 Å². The molecule has 0 saturated carbocycles. The summed E-state index contributed by atoms with van der Waals surface area (Å²) >= 11 is 1.94. The van der Waals surface area contributed by atoms with Gasteiger partial charge in [-0.3, -0.25) is 9.69 Å². The molecule has 0 radical (unpaired) electrons. The van der Waals surface area contributed by atoms with Crippen molar-refractivity contribution in [2.45, 2.75) is 24.3 Å². The highest BCUT2D eigenvalue weighted by atomic mass is 32.2. The van der Waals surface area contributed by atoms with Crippen LogP contribution in [-0.2, 0) is 22.5 Å². The number of carbonyl (C=O) groups excluding carboxylic acids is 1. The number of benzene rings is 1. The van der Waals surface area contributed by atoms with Gasteiger partial charge in [-0.1, -0.05) is 12.1 Å². The van der Waals surface area contributed by atoms with Crippen LogP contribution >= 0.6 is 11.8 Å². The number of ether oxygens (including phenoxy) is 1. The summed E-state index contributed by atoms with van der Waals surface area (Å²) in [7, 11) is 3.36. The summed E-state index contributed by atoms with van der Waals surface area (Å²) in [5.74, 6) is 1.04. The molecule has 0 atom stereocenters. The number of hydrogen-bond donors (Lipinski definition) is 0. The minimum absolute atomic E-state index is 0.189. The molecule has 0 unspecified atom stereocenters. The van der Waals surface area contributed by atoms with Crippen LogP contribution in [0.15, 0.2) is 23.1 Å². The number of aryl methyl sites for hydroxylation is 1. The molecule has 98 valence electrons. The molecule has 1 heterocycles. The number of esters is 1. The van der Waals surface area contributed by atoms with Crippen LogP contribution in [-0.4, -0.2) is 37.3 Å². The van der Waals surface area contributed by atoms with Crippen LogP contribution in [0.5, 0.6) is 0 Å². The monoisotopic (exact) mass is 265 g/mol. The fourth-order valence-electron chi connectivity index (χ4n) is 2.16. The Labute approximate surface area is 113 Å². The molecule has 0 bridgehead atoms. The van der Waals surface area contributed by atoms with E-state index in [1.807, 2.05) is 23.7 Å². The molecule has 0 aliphatic carbocycles. The van der Waals surface area contributed by atoms with Gasteiger partial charge in [-0.15, -0.1) is 11.8 Å². The highest BCUT2D eigenvalue weighted by molar-refractivity contribution is 7.99. The second-order valence-electron chi connectivity index (χ2n) is 4.64. The van der Waals surface area contributed by atoms with Crippen LogP contribution < -0.4 is 0 Å². The first kappa shape index (κ1) is 13.4. The zero-order valence-corrected chi connectivity index (χ0v) is 11.8. The number of likely N-dealkylation sites (N-methyl/N-ethyl adjacent to an activating group) is 1. The number of fused-ring (bicyclic) bond motifs is 1. The zero-order valence-electron chi connectivity index (χ0n) is 10.9. The Kier molecular flexibility index (Phi) is 4.66. The minimum Gasteiger partial charge on any atom is -0.468 e. The van der Waals surface area contributed by atoms with Crippen LogP contribution in [0.4, 0.5) is 0 Å². The predicted octanol–water partition coefficient (Wildman–Crippen LogP) is 2.33. The van der Waals surface area contributed by atoms with E-state index < -0.39 is 0 Å². The molecule has 4 heteroatoms. The van der Waals surface area contributed by atoms with E-state index in [2.05, 4.69) is 22.9 Å². The number of rotatable bonds is 4. The fraction of sp³-hybridized carbons (Fsp3) is 0.500. The van der Waals surface area contributed by atoms with E-state index in [1.54, 1.807) is 0 Å². The van der Waals surface area contributed by atoms with Gasteiger partial charge in [0, 0.05) is 11.4 Å². The lowest BCUT2D eigenvalue weighted by Crippen LogP contribution is -2.26. The molecular formula is C14H19NO2S. The van der Waals surface area contributed by atoms with Gasteiger partial charge in [0.25, 0.3) is 0 Å². The Morgan fingerprint density at radius 2 is 2.33 bits per heavy atom. The Morgan fingerprint density at radius 3 is 3.11 bits per heavy atom. The average Bonchev–Trinajstić information content (AvgIpc) is 2.38. The molecule has 18 heavy (non-hydrogen) atoms. The molecule has 1 aromatic rings. The molecule has 0 spiro atoms. The first-order valence-corrected chi connectivity index (χ1v) is 7.17. The predicted molar refractivity (Wildman–Crippen MR) is 73.8 cm³/mol. The van der Waals surface area contributed by atoms with Crippen molar-refractivity contribution < 1.29 is 9.53 Å². The number of thioether (sulfide) groups is 1. The summed E-state index contributed by atoms with van der Waals surface area (Å²) in [5.41, 5.74) is 2.72. The van der Waals surface area contributed by atoms with E-state index in [1.165, 1.54) is 41.7 Å². The normalized spacial score (nSPS) is 14.4. The molecule has 0 saturated heterocycles. The summed E-state index contributed by atoms with van der Waals surface area (Å²) in [6.45, 7) is 1.12. The maximum Gasteiger partial charge on any atom is 0.319 e. The Hall–Kier alpha value is -1.00. The van der Waals surface area contributed by atoms with Crippen molar-refractivity contribution in [1.82, 2.24) is 4.90 Å². The molecule has 1 aliphatic heterocycles. The standard InChI is InChI=1S/C14H19NO2S/c1-15(10-14(16)17-2)9-11-5-6-13-12(8-11)4-3-7-18-13/h5-6,8H,3-4,7,9-10H2,1-2H3. The van der Waals surface area contributed by atoms with Crippen LogP contribution in [0, 0.1) is 0 Å². The summed E-state index contributed by atoms with van der Waals surface area (Å²) in [4.78, 5) is 14.6. The lowest BCUT2D eigenvalue weighted by atomic mass is 10.1. The van der Waals surface area contributed by atoms with Crippen LogP contribution in [0.2, 0.25) is 0 Å². The largest absolute Gasteiger partial charge is 0.468 e. The fourth-order valence-corrected chi connectivity index (χ4v) is 3.18. The maximum atomic E-state index is 11.2. The van der Waals surface area contributed by atoms with Crippen molar-refractivity contribution >= 4 is 17.7 Å². The first-order chi connectivity index (χ1) is 8.69. The lowest BCUT2D eigenvalue weighted by Gasteiger charge is -2.19. The van der Waals surface area contributed by atoms with Gasteiger partial charge < -0.3 is 4.74 Å². The second-order valence-corrected chi connectivity index (χ2v) is 5.78. The lowest BCUT2D eigenvalue weighted by molar-refractivity contribution is -0.141. The van der Waals surface area contributed by atoms with E-state index in [9.17, 15) is 4.79 Å². The van der Waals surface area contributed by atoms with Gasteiger partial charge in [-0.2, -0.15) is 0 Å². The number of nitrogens with zero attached hydrogens (tertiary/aromatic N) is 1. The quantitative estimate of drug-likeness (QED) is 0.782. The van der Waals surface area contributed by atoms with Gasteiger partial charge >= 0.3 is 5.97 Å². The first-order valence-electron chi connectivity index (χ1n) is 6.19. The Bertz CT molecular complexity index is 434. The summed E-state index contributed by atoms with van der Waals surface area (Å²) in [5, 5.41) is 0. The third kappa shape index (κ3) is 3.50. The van der Waals surface area contributed by atoms with E-state index in [-0.39, 0.29) is 5.97 Å². The van der Waals surface area contributed by atoms with Crippen LogP contribution in [0.3, 0.4) is 0 Å². The molecule has 0 amide bonds. The van der Waals surface area contributed by atoms with Crippen LogP contribution in [0.1, 0.15) is 17.5 Å². The van der Waals surface area contributed by atoms with Gasteiger partial charge in [-0.25, -0.2) is 0 Å². The Morgan fingerprint density at radius 1 is 1.50 bits per heavy atom. The van der Waals surface area contributed by atoms with E-state index in [4.69, 9.17) is 0 Å². The summed E-state index contributed by atoms with van der Waals surface area (Å²) < 4.78 is 4.67. The van der Waals surface area contributed by atoms with Crippen LogP contribution in [0.25, 0.3) is 0 Å². The van der Waals surface area contributed by atoms with E-state index in [0.29, 0.717) is 6.54 Å². The SMILES string of the molecule is COC(=O)CN(C)Cc1ccc2c(c1)CCCS2.